The predicted octanol–water partition coefficient (Wildman–Crippen LogP) is 0.814. The van der Waals surface area contributed by atoms with Crippen LogP contribution in [0, 0.1) is 0 Å². The Bertz CT molecular complexity index is 506. The molecule has 2 aromatic heterocycles. The van der Waals surface area contributed by atoms with Crippen molar-refractivity contribution in [3.63, 3.8) is 0 Å². The van der Waals surface area contributed by atoms with Gasteiger partial charge in [-0.2, -0.15) is 9.97 Å². The SMILES string of the molecule is CC(C)c1noc(-c2cnc(N)nc2N)n1. The molecule has 0 aliphatic rings. The van der Waals surface area contributed by atoms with E-state index in [2.05, 4.69) is 20.1 Å². The minimum Gasteiger partial charge on any atom is -0.383 e. The van der Waals surface area contributed by atoms with Crippen LogP contribution < -0.4 is 11.5 Å². The molecule has 0 radical (unpaired) electrons. The number of nitrogens with two attached hydrogens (primary N) is 2. The lowest BCUT2D eigenvalue weighted by atomic mass is 10.2. The summed E-state index contributed by atoms with van der Waals surface area (Å²) in [5, 5.41) is 3.83. The largest absolute Gasteiger partial charge is 0.383 e. The lowest BCUT2D eigenvalue weighted by Crippen LogP contribution is -2.01. The van der Waals surface area contributed by atoms with Crippen LogP contribution in [0.5, 0.6) is 0 Å². The first-order chi connectivity index (χ1) is 7.58. The molecule has 0 aromatic carbocycles. The highest BCUT2D eigenvalue weighted by Gasteiger charge is 2.15. The first-order valence-corrected chi connectivity index (χ1v) is 4.80. The van der Waals surface area contributed by atoms with Crippen LogP contribution in [-0.4, -0.2) is 20.1 Å². The van der Waals surface area contributed by atoms with Gasteiger partial charge in [0.25, 0.3) is 5.89 Å². The third-order valence-electron chi connectivity index (χ3n) is 2.03. The Morgan fingerprint density at radius 2 is 2.00 bits per heavy atom. The lowest BCUT2D eigenvalue weighted by Gasteiger charge is -1.99. The van der Waals surface area contributed by atoms with Crippen LogP contribution in [0.1, 0.15) is 25.6 Å². The Hall–Kier alpha value is -2.18. The van der Waals surface area contributed by atoms with E-state index in [1.807, 2.05) is 13.8 Å². The topological polar surface area (TPSA) is 117 Å². The van der Waals surface area contributed by atoms with E-state index < -0.39 is 0 Å². The van der Waals surface area contributed by atoms with Gasteiger partial charge < -0.3 is 16.0 Å². The highest BCUT2D eigenvalue weighted by atomic mass is 16.5. The molecule has 2 rings (SSSR count). The van der Waals surface area contributed by atoms with Crippen molar-refractivity contribution in [3.05, 3.63) is 12.0 Å². The fourth-order valence-electron chi connectivity index (χ4n) is 1.15. The van der Waals surface area contributed by atoms with E-state index >= 15 is 0 Å². The Kier molecular flexibility index (Phi) is 2.43. The summed E-state index contributed by atoms with van der Waals surface area (Å²) in [4.78, 5) is 11.8. The molecule has 0 amide bonds. The van der Waals surface area contributed by atoms with Crippen molar-refractivity contribution in [2.24, 2.45) is 0 Å². The Labute approximate surface area is 91.9 Å². The van der Waals surface area contributed by atoms with Gasteiger partial charge in [0.1, 0.15) is 11.4 Å². The van der Waals surface area contributed by atoms with Crippen molar-refractivity contribution in [2.75, 3.05) is 11.5 Å². The first kappa shape index (κ1) is 10.3. The van der Waals surface area contributed by atoms with Gasteiger partial charge in [-0.15, -0.1) is 0 Å². The highest BCUT2D eigenvalue weighted by molar-refractivity contribution is 5.66. The van der Waals surface area contributed by atoms with Crippen LogP contribution in [0.25, 0.3) is 11.5 Å². The van der Waals surface area contributed by atoms with Crippen LogP contribution in [0.2, 0.25) is 0 Å². The van der Waals surface area contributed by atoms with Gasteiger partial charge in [0, 0.05) is 12.1 Å². The van der Waals surface area contributed by atoms with Crippen molar-refractivity contribution in [3.8, 4) is 11.5 Å². The molecule has 0 aliphatic heterocycles. The van der Waals surface area contributed by atoms with Crippen molar-refractivity contribution in [1.82, 2.24) is 20.1 Å². The number of anilines is 2. The van der Waals surface area contributed by atoms with Gasteiger partial charge in [-0.05, 0) is 0 Å². The normalized spacial score (nSPS) is 10.9. The highest BCUT2D eigenvalue weighted by Crippen LogP contribution is 2.23. The molecule has 0 spiro atoms. The van der Waals surface area contributed by atoms with Crippen molar-refractivity contribution in [2.45, 2.75) is 19.8 Å². The molecule has 0 fully saturated rings. The molecule has 0 saturated heterocycles. The van der Waals surface area contributed by atoms with Gasteiger partial charge in [-0.3, -0.25) is 0 Å². The Morgan fingerprint density at radius 1 is 1.25 bits per heavy atom. The molecule has 2 aromatic rings. The summed E-state index contributed by atoms with van der Waals surface area (Å²) in [7, 11) is 0. The Morgan fingerprint density at radius 3 is 2.56 bits per heavy atom. The monoisotopic (exact) mass is 220 g/mol. The summed E-state index contributed by atoms with van der Waals surface area (Å²) in [6.07, 6.45) is 1.47. The van der Waals surface area contributed by atoms with Crippen LogP contribution in [0.15, 0.2) is 10.7 Å². The molecular weight excluding hydrogens is 208 g/mol. The average Bonchev–Trinajstić information content (AvgIpc) is 2.66. The van der Waals surface area contributed by atoms with E-state index in [0.717, 1.165) is 0 Å². The minimum absolute atomic E-state index is 0.116. The second-order valence-electron chi connectivity index (χ2n) is 3.64. The smallest absolute Gasteiger partial charge is 0.263 e. The number of hydrogen-bond donors (Lipinski definition) is 2. The molecule has 84 valence electrons. The fourth-order valence-corrected chi connectivity index (χ4v) is 1.15. The number of nitrogen functional groups attached to an aromatic ring is 2. The number of aromatic nitrogens is 4. The molecule has 0 aliphatic carbocycles. The zero-order valence-electron chi connectivity index (χ0n) is 9.01. The van der Waals surface area contributed by atoms with Crippen LogP contribution in [0.3, 0.4) is 0 Å². The van der Waals surface area contributed by atoms with Gasteiger partial charge in [0.2, 0.25) is 5.95 Å². The zero-order valence-corrected chi connectivity index (χ0v) is 9.01. The molecule has 0 atom stereocenters. The van der Waals surface area contributed by atoms with E-state index in [4.69, 9.17) is 16.0 Å². The molecule has 0 bridgehead atoms. The number of rotatable bonds is 2. The first-order valence-electron chi connectivity index (χ1n) is 4.80. The third-order valence-corrected chi connectivity index (χ3v) is 2.03. The van der Waals surface area contributed by atoms with Crippen molar-refractivity contribution < 1.29 is 4.52 Å². The van der Waals surface area contributed by atoms with Crippen LogP contribution in [0.4, 0.5) is 11.8 Å². The molecule has 4 N–H and O–H groups in total. The maximum absolute atomic E-state index is 5.68. The summed E-state index contributed by atoms with van der Waals surface area (Å²) in [5.74, 6) is 1.46. The molecule has 2 heterocycles. The second kappa shape index (κ2) is 3.76. The molecule has 16 heavy (non-hydrogen) atoms. The minimum atomic E-state index is 0.116. The summed E-state index contributed by atoms with van der Waals surface area (Å²) in [5.41, 5.74) is 11.6. The summed E-state index contributed by atoms with van der Waals surface area (Å²) >= 11 is 0. The van der Waals surface area contributed by atoms with E-state index in [-0.39, 0.29) is 17.7 Å². The average molecular weight is 220 g/mol. The molecule has 0 saturated carbocycles. The summed E-state index contributed by atoms with van der Waals surface area (Å²) < 4.78 is 5.07. The second-order valence-corrected chi connectivity index (χ2v) is 3.64. The van der Waals surface area contributed by atoms with Crippen LogP contribution in [-0.2, 0) is 0 Å². The maximum Gasteiger partial charge on any atom is 0.263 e. The lowest BCUT2D eigenvalue weighted by molar-refractivity contribution is 0.419. The van der Waals surface area contributed by atoms with Gasteiger partial charge >= 0.3 is 0 Å². The molecule has 7 heteroatoms. The number of nitrogens with zero attached hydrogens (tertiary/aromatic N) is 4. The fraction of sp³-hybridized carbons (Fsp3) is 0.333. The summed E-state index contributed by atoms with van der Waals surface area (Å²) in [6, 6.07) is 0. The predicted molar refractivity (Wildman–Crippen MR) is 58.2 cm³/mol. The molecular formula is C9H12N6O. The third kappa shape index (κ3) is 1.79. The Balaban J connectivity index is 2.42. The zero-order chi connectivity index (χ0) is 11.7. The van der Waals surface area contributed by atoms with Crippen molar-refractivity contribution in [1.29, 1.82) is 0 Å². The molecule has 0 unspecified atom stereocenters. The van der Waals surface area contributed by atoms with Crippen LogP contribution >= 0.6 is 0 Å². The maximum atomic E-state index is 5.68. The summed E-state index contributed by atoms with van der Waals surface area (Å²) in [6.45, 7) is 3.94. The van der Waals surface area contributed by atoms with Gasteiger partial charge in [-0.25, -0.2) is 4.98 Å². The van der Waals surface area contributed by atoms with Crippen molar-refractivity contribution >= 4 is 11.8 Å². The number of hydrogen-bond acceptors (Lipinski definition) is 7. The van der Waals surface area contributed by atoms with E-state index in [0.29, 0.717) is 17.3 Å². The van der Waals surface area contributed by atoms with Gasteiger partial charge in [-0.1, -0.05) is 19.0 Å². The van der Waals surface area contributed by atoms with Gasteiger partial charge in [0.15, 0.2) is 5.82 Å². The molecule has 7 nitrogen and oxygen atoms in total. The quantitative estimate of drug-likeness (QED) is 0.769. The van der Waals surface area contributed by atoms with E-state index in [9.17, 15) is 0 Å². The van der Waals surface area contributed by atoms with E-state index in [1.54, 1.807) is 0 Å². The van der Waals surface area contributed by atoms with E-state index in [1.165, 1.54) is 6.20 Å². The standard InChI is InChI=1S/C9H12N6O/c1-4(2)7-14-8(16-15-7)5-3-12-9(11)13-6(5)10/h3-4H,1-2H3,(H4,10,11,12,13). The van der Waals surface area contributed by atoms with Gasteiger partial charge in [0.05, 0.1) is 0 Å².